The monoisotopic (exact) mass is 339 g/mol. The van der Waals surface area contributed by atoms with Crippen LogP contribution in [0.4, 0.5) is 0 Å². The van der Waals surface area contributed by atoms with Crippen molar-refractivity contribution in [3.8, 4) is 22.5 Å². The van der Waals surface area contributed by atoms with Crippen LogP contribution in [0.2, 0.25) is 0 Å². The fourth-order valence-electron chi connectivity index (χ4n) is 3.68. The van der Waals surface area contributed by atoms with Crippen molar-refractivity contribution in [1.29, 1.82) is 0 Å². The summed E-state index contributed by atoms with van der Waals surface area (Å²) in [5.41, 5.74) is 4.53. The zero-order valence-corrected chi connectivity index (χ0v) is 14.9. The molecule has 3 aromatic carbocycles. The van der Waals surface area contributed by atoms with E-state index < -0.39 is 0 Å². The quantitative estimate of drug-likeness (QED) is 0.343. The van der Waals surface area contributed by atoms with Gasteiger partial charge in [-0.1, -0.05) is 67.9 Å². The number of hydrogen-bond acceptors (Lipinski definition) is 1. The Balaban J connectivity index is 2.16. The standard InChI is InChI=1S/C24H21NO/c1-2-11-21-20-16-9-10-17-22(20)24(19-14-7-4-8-15-19)25(26)23(21)18-12-5-3-6-13-18/h3-10,12-17H,2,11H2,1H3. The number of fused-ring (bicyclic) bond motifs is 1. The highest BCUT2D eigenvalue weighted by atomic mass is 16.5. The summed E-state index contributed by atoms with van der Waals surface area (Å²) in [6.45, 7) is 2.16. The minimum Gasteiger partial charge on any atom is -0.618 e. The normalized spacial score (nSPS) is 11.0. The largest absolute Gasteiger partial charge is 0.618 e. The predicted octanol–water partition coefficient (Wildman–Crippen LogP) is 5.76. The molecule has 1 aromatic heterocycles. The highest BCUT2D eigenvalue weighted by Gasteiger charge is 2.25. The average molecular weight is 339 g/mol. The van der Waals surface area contributed by atoms with Crippen LogP contribution in [0.5, 0.6) is 0 Å². The maximum absolute atomic E-state index is 13.6. The van der Waals surface area contributed by atoms with Crippen LogP contribution in [-0.4, -0.2) is 0 Å². The van der Waals surface area contributed by atoms with Crippen molar-refractivity contribution in [2.45, 2.75) is 19.8 Å². The van der Waals surface area contributed by atoms with Gasteiger partial charge in [-0.05, 0) is 42.1 Å². The molecule has 0 N–H and O–H groups in total. The van der Waals surface area contributed by atoms with Crippen molar-refractivity contribution < 1.29 is 4.73 Å². The average Bonchev–Trinajstić information content (AvgIpc) is 2.70. The van der Waals surface area contributed by atoms with Crippen LogP contribution in [-0.2, 0) is 6.42 Å². The molecule has 0 aliphatic rings. The highest BCUT2D eigenvalue weighted by molar-refractivity contribution is 5.97. The number of pyridine rings is 1. The van der Waals surface area contributed by atoms with Crippen LogP contribution in [0.15, 0.2) is 84.9 Å². The van der Waals surface area contributed by atoms with Crippen molar-refractivity contribution in [3.63, 3.8) is 0 Å². The zero-order valence-electron chi connectivity index (χ0n) is 14.9. The summed E-state index contributed by atoms with van der Waals surface area (Å²) in [5.74, 6) is 0. The molecule has 26 heavy (non-hydrogen) atoms. The molecule has 4 rings (SSSR count). The lowest BCUT2D eigenvalue weighted by molar-refractivity contribution is -0.580. The van der Waals surface area contributed by atoms with E-state index in [1.165, 1.54) is 5.39 Å². The number of rotatable bonds is 4. The molecule has 0 saturated carbocycles. The van der Waals surface area contributed by atoms with Crippen LogP contribution in [0.25, 0.3) is 33.3 Å². The first-order chi connectivity index (χ1) is 12.8. The van der Waals surface area contributed by atoms with Crippen molar-refractivity contribution in [3.05, 3.63) is 95.7 Å². The lowest BCUT2D eigenvalue weighted by atomic mass is 9.93. The molecule has 0 aliphatic carbocycles. The number of aromatic nitrogens is 1. The Kier molecular flexibility index (Phi) is 4.40. The molecule has 0 radical (unpaired) electrons. The predicted molar refractivity (Wildman–Crippen MR) is 108 cm³/mol. The summed E-state index contributed by atoms with van der Waals surface area (Å²) in [5, 5.41) is 15.8. The van der Waals surface area contributed by atoms with Gasteiger partial charge in [0, 0.05) is 16.7 Å². The molecular formula is C24H21NO. The molecule has 0 spiro atoms. The van der Waals surface area contributed by atoms with E-state index in [2.05, 4.69) is 25.1 Å². The third-order valence-electron chi connectivity index (χ3n) is 4.79. The molecule has 0 fully saturated rings. The van der Waals surface area contributed by atoms with E-state index in [9.17, 15) is 5.21 Å². The first kappa shape index (κ1) is 16.3. The van der Waals surface area contributed by atoms with Gasteiger partial charge in [-0.15, -0.1) is 0 Å². The highest BCUT2D eigenvalue weighted by Crippen LogP contribution is 2.34. The lowest BCUT2D eigenvalue weighted by Gasteiger charge is -2.17. The molecule has 2 heteroatoms. The molecule has 1 heterocycles. The van der Waals surface area contributed by atoms with E-state index in [-0.39, 0.29) is 0 Å². The lowest BCUT2D eigenvalue weighted by Crippen LogP contribution is -2.34. The number of nitrogens with zero attached hydrogens (tertiary/aromatic N) is 1. The summed E-state index contributed by atoms with van der Waals surface area (Å²) in [7, 11) is 0. The van der Waals surface area contributed by atoms with E-state index in [1.54, 1.807) is 0 Å². The van der Waals surface area contributed by atoms with Gasteiger partial charge in [-0.3, -0.25) is 0 Å². The molecule has 0 bridgehead atoms. The van der Waals surface area contributed by atoms with Crippen LogP contribution in [0.3, 0.4) is 0 Å². The topological polar surface area (TPSA) is 26.9 Å². The third-order valence-corrected chi connectivity index (χ3v) is 4.79. The summed E-state index contributed by atoms with van der Waals surface area (Å²) >= 11 is 0. The van der Waals surface area contributed by atoms with Gasteiger partial charge in [0.2, 0.25) is 11.4 Å². The van der Waals surface area contributed by atoms with Crippen molar-refractivity contribution >= 4 is 10.8 Å². The molecule has 4 aromatic rings. The summed E-state index contributed by atoms with van der Waals surface area (Å²) in [4.78, 5) is 0. The van der Waals surface area contributed by atoms with Gasteiger partial charge in [0.25, 0.3) is 0 Å². The van der Waals surface area contributed by atoms with Gasteiger partial charge in [-0.2, -0.15) is 4.73 Å². The number of benzene rings is 3. The van der Waals surface area contributed by atoms with E-state index in [4.69, 9.17) is 0 Å². The SMILES string of the molecule is CCCc1c(-c2ccccc2)[n+]([O-])c(-c2ccccc2)c2ccccc12. The Morgan fingerprint density at radius 1 is 0.654 bits per heavy atom. The molecule has 0 saturated heterocycles. The Hall–Kier alpha value is -3.13. The zero-order chi connectivity index (χ0) is 17.9. The molecule has 128 valence electrons. The van der Waals surface area contributed by atoms with Gasteiger partial charge in [-0.25, -0.2) is 0 Å². The van der Waals surface area contributed by atoms with Crippen LogP contribution in [0, 0.1) is 5.21 Å². The van der Waals surface area contributed by atoms with Crippen LogP contribution >= 0.6 is 0 Å². The maximum atomic E-state index is 13.6. The molecule has 2 nitrogen and oxygen atoms in total. The fraction of sp³-hybridized carbons (Fsp3) is 0.125. The second-order valence-electron chi connectivity index (χ2n) is 6.50. The molecule has 0 amide bonds. The van der Waals surface area contributed by atoms with Gasteiger partial charge in [0.15, 0.2) is 0 Å². The van der Waals surface area contributed by atoms with Gasteiger partial charge < -0.3 is 5.21 Å². The molecule has 0 atom stereocenters. The second-order valence-corrected chi connectivity index (χ2v) is 6.50. The smallest absolute Gasteiger partial charge is 0.232 e. The Morgan fingerprint density at radius 2 is 1.15 bits per heavy atom. The van der Waals surface area contributed by atoms with E-state index in [1.807, 2.05) is 66.7 Å². The third kappa shape index (κ3) is 2.74. The van der Waals surface area contributed by atoms with Crippen molar-refractivity contribution in [2.75, 3.05) is 0 Å². The minimum atomic E-state index is 0.722. The van der Waals surface area contributed by atoms with E-state index in [0.717, 1.165) is 51.0 Å². The van der Waals surface area contributed by atoms with Gasteiger partial charge in [0.05, 0.1) is 5.39 Å². The molecule has 0 aliphatic heterocycles. The maximum Gasteiger partial charge on any atom is 0.232 e. The van der Waals surface area contributed by atoms with E-state index in [0.29, 0.717) is 0 Å². The van der Waals surface area contributed by atoms with Crippen molar-refractivity contribution in [2.24, 2.45) is 0 Å². The van der Waals surface area contributed by atoms with Gasteiger partial charge >= 0.3 is 0 Å². The molecular weight excluding hydrogens is 318 g/mol. The molecule has 0 unspecified atom stereocenters. The van der Waals surface area contributed by atoms with Crippen LogP contribution < -0.4 is 4.73 Å². The number of aryl methyl sites for hydroxylation is 1. The first-order valence-corrected chi connectivity index (χ1v) is 9.09. The Labute approximate surface area is 153 Å². The van der Waals surface area contributed by atoms with Crippen LogP contribution in [0.1, 0.15) is 18.9 Å². The fourth-order valence-corrected chi connectivity index (χ4v) is 3.68. The summed E-state index contributed by atoms with van der Waals surface area (Å²) in [6, 6.07) is 28.2. The Morgan fingerprint density at radius 3 is 1.73 bits per heavy atom. The van der Waals surface area contributed by atoms with Crippen molar-refractivity contribution in [1.82, 2.24) is 0 Å². The van der Waals surface area contributed by atoms with Gasteiger partial charge in [0.1, 0.15) is 0 Å². The first-order valence-electron chi connectivity index (χ1n) is 9.09. The minimum absolute atomic E-state index is 0.722. The van der Waals surface area contributed by atoms with E-state index >= 15 is 0 Å². The second kappa shape index (κ2) is 7.01. The Bertz CT molecular complexity index is 1040. The summed E-state index contributed by atoms with van der Waals surface area (Å²) < 4.78 is 1.14. The summed E-state index contributed by atoms with van der Waals surface area (Å²) in [6.07, 6.45) is 1.87. The number of hydrogen-bond donors (Lipinski definition) is 0.